The number of nitrogens with zero attached hydrogens (tertiary/aromatic N) is 2. The van der Waals surface area contributed by atoms with Crippen molar-refractivity contribution in [2.75, 3.05) is 11.9 Å². The molecule has 3 heterocycles. The van der Waals surface area contributed by atoms with Crippen LogP contribution in [0.1, 0.15) is 5.56 Å². The lowest BCUT2D eigenvalue weighted by Gasteiger charge is -2.06. The van der Waals surface area contributed by atoms with Gasteiger partial charge in [0.05, 0.1) is 0 Å². The van der Waals surface area contributed by atoms with Gasteiger partial charge in [-0.25, -0.2) is 4.98 Å². The van der Waals surface area contributed by atoms with Crippen molar-refractivity contribution in [1.29, 1.82) is 0 Å². The fraction of sp³-hybridized carbons (Fsp3) is 0.133. The molecule has 0 unspecified atom stereocenters. The van der Waals surface area contributed by atoms with E-state index in [9.17, 15) is 0 Å². The SMILES string of the molecule is c1cn2cc(-c3ccc4c(c3)CCN4)ccc2n1. The number of hydrogen-bond donors (Lipinski definition) is 1. The Labute approximate surface area is 105 Å². The molecule has 3 heteroatoms. The molecule has 0 spiro atoms. The molecule has 0 saturated carbocycles. The van der Waals surface area contributed by atoms with Gasteiger partial charge in [0, 0.05) is 30.8 Å². The quantitative estimate of drug-likeness (QED) is 0.702. The van der Waals surface area contributed by atoms with Crippen LogP contribution in [0.25, 0.3) is 16.8 Å². The van der Waals surface area contributed by atoms with Crippen molar-refractivity contribution < 1.29 is 0 Å². The van der Waals surface area contributed by atoms with Crippen molar-refractivity contribution >= 4 is 11.3 Å². The number of fused-ring (bicyclic) bond motifs is 2. The summed E-state index contributed by atoms with van der Waals surface area (Å²) in [6, 6.07) is 10.8. The Hall–Kier alpha value is -2.29. The van der Waals surface area contributed by atoms with Crippen molar-refractivity contribution in [2.45, 2.75) is 6.42 Å². The molecule has 0 amide bonds. The summed E-state index contributed by atoms with van der Waals surface area (Å²) in [6.45, 7) is 1.05. The second-order valence-corrected chi connectivity index (χ2v) is 4.66. The third-order valence-electron chi connectivity index (χ3n) is 3.54. The number of anilines is 1. The minimum atomic E-state index is 0.988. The average molecular weight is 235 g/mol. The lowest BCUT2D eigenvalue weighted by Crippen LogP contribution is -1.90. The fourth-order valence-electron chi connectivity index (χ4n) is 2.58. The van der Waals surface area contributed by atoms with Crippen molar-refractivity contribution in [3.8, 4) is 11.1 Å². The third kappa shape index (κ3) is 1.40. The van der Waals surface area contributed by atoms with E-state index in [1.807, 2.05) is 12.4 Å². The highest BCUT2D eigenvalue weighted by atomic mass is 15.0. The maximum atomic E-state index is 4.26. The number of aromatic nitrogens is 2. The number of rotatable bonds is 1. The van der Waals surface area contributed by atoms with Crippen LogP contribution in [0.5, 0.6) is 0 Å². The van der Waals surface area contributed by atoms with Crippen LogP contribution in [0, 0.1) is 0 Å². The molecule has 18 heavy (non-hydrogen) atoms. The van der Waals surface area contributed by atoms with E-state index in [4.69, 9.17) is 0 Å². The first-order valence-corrected chi connectivity index (χ1v) is 6.20. The van der Waals surface area contributed by atoms with Crippen molar-refractivity contribution in [1.82, 2.24) is 9.38 Å². The van der Waals surface area contributed by atoms with E-state index >= 15 is 0 Å². The number of imidazole rings is 1. The van der Waals surface area contributed by atoms with Gasteiger partial charge in [-0.1, -0.05) is 6.07 Å². The van der Waals surface area contributed by atoms with E-state index in [0.29, 0.717) is 0 Å². The molecule has 1 aromatic carbocycles. The van der Waals surface area contributed by atoms with Crippen LogP contribution in [-0.4, -0.2) is 15.9 Å². The normalized spacial score (nSPS) is 13.6. The zero-order chi connectivity index (χ0) is 11.9. The topological polar surface area (TPSA) is 29.3 Å². The van der Waals surface area contributed by atoms with Crippen LogP contribution in [0.4, 0.5) is 5.69 Å². The average Bonchev–Trinajstić information content (AvgIpc) is 3.05. The van der Waals surface area contributed by atoms with E-state index in [1.54, 1.807) is 0 Å². The standard InChI is InChI=1S/C15H13N3/c1-3-14-12(5-6-16-14)9-11(1)13-2-4-15-17-7-8-18(15)10-13/h1-4,7-10,16H,5-6H2. The molecule has 0 saturated heterocycles. The van der Waals surface area contributed by atoms with E-state index in [2.05, 4.69) is 51.2 Å². The Morgan fingerprint density at radius 2 is 2.06 bits per heavy atom. The van der Waals surface area contributed by atoms with Crippen molar-refractivity contribution in [3.63, 3.8) is 0 Å². The van der Waals surface area contributed by atoms with Gasteiger partial charge in [0.15, 0.2) is 0 Å². The first-order valence-electron chi connectivity index (χ1n) is 6.20. The summed E-state index contributed by atoms with van der Waals surface area (Å²) in [5.41, 5.74) is 6.19. The Kier molecular flexibility index (Phi) is 1.94. The summed E-state index contributed by atoms with van der Waals surface area (Å²) in [5, 5.41) is 3.39. The van der Waals surface area contributed by atoms with Gasteiger partial charge in [-0.15, -0.1) is 0 Å². The van der Waals surface area contributed by atoms with Gasteiger partial charge in [-0.05, 0) is 47.4 Å². The summed E-state index contributed by atoms with van der Waals surface area (Å²) in [6.07, 6.45) is 7.06. The highest BCUT2D eigenvalue weighted by molar-refractivity contribution is 5.70. The molecule has 4 rings (SSSR count). The van der Waals surface area contributed by atoms with Crippen LogP contribution in [0.15, 0.2) is 48.9 Å². The Morgan fingerprint density at radius 3 is 3.06 bits per heavy atom. The molecule has 1 aliphatic heterocycles. The highest BCUT2D eigenvalue weighted by Gasteiger charge is 2.10. The van der Waals surface area contributed by atoms with E-state index < -0.39 is 0 Å². The molecule has 88 valence electrons. The molecular formula is C15H13N3. The van der Waals surface area contributed by atoms with Crippen LogP contribution in [-0.2, 0) is 6.42 Å². The smallest absolute Gasteiger partial charge is 0.136 e. The molecule has 0 aliphatic carbocycles. The highest BCUT2D eigenvalue weighted by Crippen LogP contribution is 2.28. The minimum absolute atomic E-state index is 0.988. The second kappa shape index (κ2) is 3.60. The lowest BCUT2D eigenvalue weighted by molar-refractivity contribution is 1.11. The van der Waals surface area contributed by atoms with Crippen LogP contribution in [0.3, 0.4) is 0 Å². The van der Waals surface area contributed by atoms with Gasteiger partial charge in [-0.2, -0.15) is 0 Å². The van der Waals surface area contributed by atoms with E-state index in [-0.39, 0.29) is 0 Å². The zero-order valence-electron chi connectivity index (χ0n) is 9.93. The van der Waals surface area contributed by atoms with Crippen LogP contribution < -0.4 is 5.32 Å². The van der Waals surface area contributed by atoms with E-state index in [0.717, 1.165) is 18.6 Å². The number of nitrogens with one attached hydrogen (secondary N) is 1. The van der Waals surface area contributed by atoms with Gasteiger partial charge in [0.2, 0.25) is 0 Å². The fourth-order valence-corrected chi connectivity index (χ4v) is 2.58. The predicted octanol–water partition coefficient (Wildman–Crippen LogP) is 2.97. The molecule has 2 aromatic heterocycles. The Morgan fingerprint density at radius 1 is 1.11 bits per heavy atom. The summed E-state index contributed by atoms with van der Waals surface area (Å²) in [4.78, 5) is 4.26. The summed E-state index contributed by atoms with van der Waals surface area (Å²) in [5.74, 6) is 0. The third-order valence-corrected chi connectivity index (χ3v) is 3.54. The summed E-state index contributed by atoms with van der Waals surface area (Å²) >= 11 is 0. The minimum Gasteiger partial charge on any atom is -0.384 e. The van der Waals surface area contributed by atoms with Crippen molar-refractivity contribution in [2.24, 2.45) is 0 Å². The molecule has 3 aromatic rings. The van der Waals surface area contributed by atoms with Crippen molar-refractivity contribution in [3.05, 3.63) is 54.5 Å². The van der Waals surface area contributed by atoms with E-state index in [1.165, 1.54) is 22.4 Å². The first kappa shape index (κ1) is 9.71. The molecule has 3 nitrogen and oxygen atoms in total. The summed E-state index contributed by atoms with van der Waals surface area (Å²) in [7, 11) is 0. The maximum Gasteiger partial charge on any atom is 0.136 e. The monoisotopic (exact) mass is 235 g/mol. The first-order chi connectivity index (χ1) is 8.90. The molecule has 1 aliphatic rings. The van der Waals surface area contributed by atoms with Gasteiger partial charge in [0.25, 0.3) is 0 Å². The number of benzene rings is 1. The molecule has 1 N–H and O–H groups in total. The molecule has 0 fully saturated rings. The zero-order valence-corrected chi connectivity index (χ0v) is 9.93. The second-order valence-electron chi connectivity index (χ2n) is 4.66. The predicted molar refractivity (Wildman–Crippen MR) is 72.8 cm³/mol. The molecule has 0 radical (unpaired) electrons. The molecule has 0 atom stereocenters. The summed E-state index contributed by atoms with van der Waals surface area (Å²) < 4.78 is 2.06. The Balaban J connectivity index is 1.86. The Bertz CT molecular complexity index is 727. The van der Waals surface area contributed by atoms with Gasteiger partial charge < -0.3 is 9.72 Å². The largest absolute Gasteiger partial charge is 0.384 e. The number of pyridine rings is 1. The van der Waals surface area contributed by atoms with Gasteiger partial charge in [-0.3, -0.25) is 0 Å². The molecule has 0 bridgehead atoms. The lowest BCUT2D eigenvalue weighted by atomic mass is 10.0. The maximum absolute atomic E-state index is 4.26. The van der Waals surface area contributed by atoms with Gasteiger partial charge in [0.1, 0.15) is 5.65 Å². The van der Waals surface area contributed by atoms with Crippen LogP contribution in [0.2, 0.25) is 0 Å². The van der Waals surface area contributed by atoms with Gasteiger partial charge >= 0.3 is 0 Å². The number of hydrogen-bond acceptors (Lipinski definition) is 2. The van der Waals surface area contributed by atoms with Crippen LogP contribution >= 0.6 is 0 Å². The molecular weight excluding hydrogens is 222 g/mol.